The molecule has 1 aromatic carbocycles. The first-order valence-corrected chi connectivity index (χ1v) is 5.20. The van der Waals surface area contributed by atoms with Gasteiger partial charge in [-0.15, -0.1) is 0 Å². The molecule has 3 nitrogen and oxygen atoms in total. The number of benzene rings is 1. The van der Waals surface area contributed by atoms with Crippen LogP contribution in [0.3, 0.4) is 0 Å². The normalized spacial score (nSPS) is 19.5. The molecule has 1 aliphatic rings. The molecule has 0 amide bonds. The summed E-state index contributed by atoms with van der Waals surface area (Å²) in [7, 11) is 0. The van der Waals surface area contributed by atoms with Gasteiger partial charge in [-0.2, -0.15) is 0 Å². The van der Waals surface area contributed by atoms with Crippen LogP contribution in [0.1, 0.15) is 31.0 Å². The molecule has 2 rings (SSSR count). The van der Waals surface area contributed by atoms with E-state index in [0.29, 0.717) is 0 Å². The molecule has 0 aromatic heterocycles. The zero-order valence-electron chi connectivity index (χ0n) is 9.16. The van der Waals surface area contributed by atoms with Gasteiger partial charge >= 0.3 is 0 Å². The fourth-order valence-corrected chi connectivity index (χ4v) is 1.97. The van der Waals surface area contributed by atoms with E-state index in [1.807, 2.05) is 18.2 Å². The van der Waals surface area contributed by atoms with Crippen molar-refractivity contribution in [3.8, 4) is 5.75 Å². The minimum absolute atomic E-state index is 0.0248. The highest BCUT2D eigenvalue weighted by Gasteiger charge is 2.30. The summed E-state index contributed by atoms with van der Waals surface area (Å²) in [5, 5.41) is 8.98. The molecular weight excluding hydrogens is 190 g/mol. The van der Waals surface area contributed by atoms with Crippen molar-refractivity contribution < 1.29 is 9.84 Å². The topological polar surface area (TPSA) is 55.5 Å². The van der Waals surface area contributed by atoms with E-state index >= 15 is 0 Å². The third-order valence-electron chi connectivity index (χ3n) is 2.71. The van der Waals surface area contributed by atoms with E-state index in [1.54, 1.807) is 0 Å². The molecule has 3 N–H and O–H groups in total. The molecule has 0 fully saturated rings. The quantitative estimate of drug-likeness (QED) is 0.770. The van der Waals surface area contributed by atoms with Crippen molar-refractivity contribution in [2.75, 3.05) is 6.61 Å². The SMILES string of the molecule is CC1(C)Cc2cc([C@H](N)CO)ccc2O1. The predicted octanol–water partition coefficient (Wildman–Crippen LogP) is 1.39. The lowest BCUT2D eigenvalue weighted by molar-refractivity contribution is 0.138. The molecule has 0 aliphatic carbocycles. The molecule has 0 saturated heterocycles. The summed E-state index contributed by atoms with van der Waals surface area (Å²) >= 11 is 0. The number of hydrogen-bond acceptors (Lipinski definition) is 3. The number of ether oxygens (including phenoxy) is 1. The highest BCUT2D eigenvalue weighted by atomic mass is 16.5. The Morgan fingerprint density at radius 3 is 2.93 bits per heavy atom. The van der Waals surface area contributed by atoms with Gasteiger partial charge in [-0.3, -0.25) is 0 Å². The van der Waals surface area contributed by atoms with Gasteiger partial charge in [0.05, 0.1) is 12.6 Å². The monoisotopic (exact) mass is 207 g/mol. The maximum Gasteiger partial charge on any atom is 0.123 e. The molecule has 3 heteroatoms. The summed E-state index contributed by atoms with van der Waals surface area (Å²) < 4.78 is 5.76. The fourth-order valence-electron chi connectivity index (χ4n) is 1.97. The number of nitrogens with two attached hydrogens (primary N) is 1. The minimum atomic E-state index is -0.293. The number of fused-ring (bicyclic) bond motifs is 1. The van der Waals surface area contributed by atoms with Gasteiger partial charge in [0.2, 0.25) is 0 Å². The lowest BCUT2D eigenvalue weighted by atomic mass is 9.98. The molecule has 1 atom stereocenters. The molecule has 82 valence electrons. The van der Waals surface area contributed by atoms with Crippen molar-refractivity contribution in [1.29, 1.82) is 0 Å². The molecule has 1 heterocycles. The van der Waals surface area contributed by atoms with Crippen molar-refractivity contribution >= 4 is 0 Å². The van der Waals surface area contributed by atoms with E-state index < -0.39 is 0 Å². The second-order valence-electron chi connectivity index (χ2n) is 4.69. The van der Waals surface area contributed by atoms with Crippen LogP contribution in [0.4, 0.5) is 0 Å². The van der Waals surface area contributed by atoms with Gasteiger partial charge < -0.3 is 15.6 Å². The minimum Gasteiger partial charge on any atom is -0.487 e. The lowest BCUT2D eigenvalue weighted by Gasteiger charge is -2.16. The number of rotatable bonds is 2. The highest BCUT2D eigenvalue weighted by Crippen LogP contribution is 2.35. The largest absolute Gasteiger partial charge is 0.487 e. The molecule has 0 spiro atoms. The average Bonchev–Trinajstić information content (AvgIpc) is 2.49. The van der Waals surface area contributed by atoms with Crippen molar-refractivity contribution in [2.24, 2.45) is 5.73 Å². The zero-order valence-corrected chi connectivity index (χ0v) is 9.16. The van der Waals surface area contributed by atoms with Crippen LogP contribution >= 0.6 is 0 Å². The van der Waals surface area contributed by atoms with Gasteiger partial charge in [0.1, 0.15) is 11.4 Å². The van der Waals surface area contributed by atoms with Crippen molar-refractivity contribution in [1.82, 2.24) is 0 Å². The van der Waals surface area contributed by atoms with Gasteiger partial charge in [0.25, 0.3) is 0 Å². The van der Waals surface area contributed by atoms with E-state index in [4.69, 9.17) is 15.6 Å². The third-order valence-corrected chi connectivity index (χ3v) is 2.71. The van der Waals surface area contributed by atoms with Gasteiger partial charge in [-0.1, -0.05) is 12.1 Å². The zero-order chi connectivity index (χ0) is 11.1. The molecule has 0 unspecified atom stereocenters. The van der Waals surface area contributed by atoms with Crippen LogP contribution in [0.5, 0.6) is 5.75 Å². The summed E-state index contributed by atoms with van der Waals surface area (Å²) in [5.41, 5.74) is 7.80. The van der Waals surface area contributed by atoms with Crippen molar-refractivity contribution in [3.05, 3.63) is 29.3 Å². The van der Waals surface area contributed by atoms with E-state index in [-0.39, 0.29) is 18.2 Å². The molecular formula is C12H17NO2. The molecule has 0 radical (unpaired) electrons. The molecule has 1 aromatic rings. The Balaban J connectivity index is 2.30. The Morgan fingerprint density at radius 2 is 2.27 bits per heavy atom. The van der Waals surface area contributed by atoms with Crippen LogP contribution < -0.4 is 10.5 Å². The van der Waals surface area contributed by atoms with E-state index in [9.17, 15) is 0 Å². The Kier molecular flexibility index (Phi) is 2.44. The second kappa shape index (κ2) is 3.51. The summed E-state index contributed by atoms with van der Waals surface area (Å²) in [6.45, 7) is 4.11. The number of aliphatic hydroxyl groups is 1. The third kappa shape index (κ3) is 1.98. The summed E-state index contributed by atoms with van der Waals surface area (Å²) in [6.07, 6.45) is 0.897. The van der Waals surface area contributed by atoms with Crippen LogP contribution in [0.15, 0.2) is 18.2 Å². The standard InChI is InChI=1S/C12H17NO2/c1-12(2)6-9-5-8(10(13)7-14)3-4-11(9)15-12/h3-5,10,14H,6-7,13H2,1-2H3/t10-/m1/s1. The predicted molar refractivity (Wildman–Crippen MR) is 58.9 cm³/mol. The molecule has 15 heavy (non-hydrogen) atoms. The Bertz CT molecular complexity index is 374. The summed E-state index contributed by atoms with van der Waals surface area (Å²) in [4.78, 5) is 0. The Morgan fingerprint density at radius 1 is 1.53 bits per heavy atom. The number of hydrogen-bond donors (Lipinski definition) is 2. The van der Waals surface area contributed by atoms with E-state index in [0.717, 1.165) is 17.7 Å². The molecule has 0 saturated carbocycles. The van der Waals surface area contributed by atoms with Crippen LogP contribution in [0.2, 0.25) is 0 Å². The Hall–Kier alpha value is -1.06. The lowest BCUT2D eigenvalue weighted by Crippen LogP contribution is -2.24. The first-order valence-electron chi connectivity index (χ1n) is 5.20. The van der Waals surface area contributed by atoms with E-state index in [2.05, 4.69) is 13.8 Å². The van der Waals surface area contributed by atoms with Gasteiger partial charge in [0.15, 0.2) is 0 Å². The first kappa shape index (κ1) is 10.5. The average molecular weight is 207 g/mol. The van der Waals surface area contributed by atoms with E-state index in [1.165, 1.54) is 5.56 Å². The van der Waals surface area contributed by atoms with Gasteiger partial charge in [0, 0.05) is 6.42 Å². The molecule has 1 aliphatic heterocycles. The maximum absolute atomic E-state index is 8.98. The van der Waals surface area contributed by atoms with Crippen LogP contribution in [-0.4, -0.2) is 17.3 Å². The smallest absolute Gasteiger partial charge is 0.123 e. The summed E-state index contributed by atoms with van der Waals surface area (Å²) in [5.74, 6) is 0.939. The summed E-state index contributed by atoms with van der Waals surface area (Å²) in [6, 6.07) is 5.60. The van der Waals surface area contributed by atoms with Crippen LogP contribution in [0, 0.1) is 0 Å². The van der Waals surface area contributed by atoms with Crippen LogP contribution in [0.25, 0.3) is 0 Å². The van der Waals surface area contributed by atoms with Gasteiger partial charge in [-0.05, 0) is 31.0 Å². The van der Waals surface area contributed by atoms with Crippen molar-refractivity contribution in [2.45, 2.75) is 31.9 Å². The van der Waals surface area contributed by atoms with Gasteiger partial charge in [-0.25, -0.2) is 0 Å². The van der Waals surface area contributed by atoms with Crippen LogP contribution in [-0.2, 0) is 6.42 Å². The Labute approximate surface area is 89.9 Å². The number of aliphatic hydroxyl groups excluding tert-OH is 1. The second-order valence-corrected chi connectivity index (χ2v) is 4.69. The first-order chi connectivity index (χ1) is 7.02. The maximum atomic E-state index is 8.98. The highest BCUT2D eigenvalue weighted by molar-refractivity contribution is 5.42. The van der Waals surface area contributed by atoms with Crippen molar-refractivity contribution in [3.63, 3.8) is 0 Å². The molecule has 0 bridgehead atoms. The fraction of sp³-hybridized carbons (Fsp3) is 0.500.